The zero-order valence-electron chi connectivity index (χ0n) is 14.4. The molecule has 0 aliphatic heterocycles. The van der Waals surface area contributed by atoms with Crippen molar-refractivity contribution in [3.8, 4) is 5.75 Å². The molecule has 2 heterocycles. The van der Waals surface area contributed by atoms with Crippen LogP contribution in [0.2, 0.25) is 0 Å². The first kappa shape index (κ1) is 17.6. The minimum Gasteiger partial charge on any atom is -0.486 e. The van der Waals surface area contributed by atoms with Gasteiger partial charge in [0.05, 0.1) is 6.21 Å². The Morgan fingerprint density at radius 3 is 2.68 bits per heavy atom. The van der Waals surface area contributed by atoms with E-state index in [4.69, 9.17) is 17.0 Å². The summed E-state index contributed by atoms with van der Waals surface area (Å²) >= 11 is 6.93. The Morgan fingerprint density at radius 1 is 1.28 bits per heavy atom. The number of benzene rings is 1. The molecule has 130 valence electrons. The average Bonchev–Trinajstić information content (AvgIpc) is 3.17. The van der Waals surface area contributed by atoms with Crippen LogP contribution in [0.25, 0.3) is 0 Å². The first-order valence-corrected chi connectivity index (χ1v) is 9.25. The summed E-state index contributed by atoms with van der Waals surface area (Å²) in [5.41, 5.74) is 1.28. The second-order valence-corrected chi connectivity index (χ2v) is 7.67. The Hall–Kier alpha value is -2.25. The van der Waals surface area contributed by atoms with Gasteiger partial charge in [-0.2, -0.15) is 14.9 Å². The Bertz CT molecular complexity index is 919. The number of hydrogen-bond donors (Lipinski definition) is 1. The van der Waals surface area contributed by atoms with E-state index in [0.29, 0.717) is 16.5 Å². The van der Waals surface area contributed by atoms with Crippen LogP contribution in [-0.2, 0) is 6.61 Å². The minimum atomic E-state index is 0.287. The van der Waals surface area contributed by atoms with Gasteiger partial charge in [0.25, 0.3) is 0 Å². The number of hydrogen-bond acceptors (Lipinski definition) is 5. The fraction of sp³-hybridized carbons (Fsp3) is 0.278. The molecular formula is C18H20N4OS2. The molecule has 3 aromatic rings. The topological polar surface area (TPSA) is 55.2 Å². The molecule has 0 unspecified atom stereocenters. The van der Waals surface area contributed by atoms with Gasteiger partial charge < -0.3 is 4.74 Å². The average molecular weight is 373 g/mol. The molecule has 0 saturated heterocycles. The van der Waals surface area contributed by atoms with Crippen molar-refractivity contribution < 1.29 is 4.74 Å². The van der Waals surface area contributed by atoms with Gasteiger partial charge in [0, 0.05) is 9.75 Å². The Labute approximate surface area is 156 Å². The molecule has 25 heavy (non-hydrogen) atoms. The van der Waals surface area contributed by atoms with Gasteiger partial charge in [-0.05, 0) is 54.9 Å². The fourth-order valence-electron chi connectivity index (χ4n) is 2.27. The van der Waals surface area contributed by atoms with Crippen molar-refractivity contribution in [2.45, 2.75) is 33.3 Å². The molecular weight excluding hydrogens is 352 g/mol. The van der Waals surface area contributed by atoms with E-state index in [1.807, 2.05) is 18.2 Å². The number of aromatic amines is 1. The van der Waals surface area contributed by atoms with Crippen LogP contribution in [0.15, 0.2) is 41.5 Å². The quantitative estimate of drug-likeness (QED) is 0.495. The van der Waals surface area contributed by atoms with Gasteiger partial charge in [-0.25, -0.2) is 5.10 Å². The first-order valence-electron chi connectivity index (χ1n) is 8.03. The number of H-pyrrole nitrogens is 1. The summed E-state index contributed by atoms with van der Waals surface area (Å²) < 4.78 is 7.85. The molecule has 7 heteroatoms. The van der Waals surface area contributed by atoms with E-state index in [2.05, 4.69) is 54.3 Å². The van der Waals surface area contributed by atoms with Crippen LogP contribution in [0.4, 0.5) is 0 Å². The van der Waals surface area contributed by atoms with E-state index in [-0.39, 0.29) is 6.61 Å². The monoisotopic (exact) mass is 372 g/mol. The molecule has 0 bridgehead atoms. The summed E-state index contributed by atoms with van der Waals surface area (Å²) in [6, 6.07) is 12.2. The van der Waals surface area contributed by atoms with E-state index < -0.39 is 0 Å². The highest BCUT2D eigenvalue weighted by Crippen LogP contribution is 2.19. The highest BCUT2D eigenvalue weighted by Gasteiger charge is 2.07. The van der Waals surface area contributed by atoms with Gasteiger partial charge in [0.1, 0.15) is 12.4 Å². The molecule has 0 aliphatic rings. The van der Waals surface area contributed by atoms with Crippen molar-refractivity contribution in [1.29, 1.82) is 0 Å². The highest BCUT2D eigenvalue weighted by atomic mass is 32.1. The molecule has 0 saturated carbocycles. The molecule has 0 fully saturated rings. The van der Waals surface area contributed by atoms with Gasteiger partial charge in [0.15, 0.2) is 5.82 Å². The van der Waals surface area contributed by atoms with Crippen LogP contribution in [0.1, 0.15) is 40.9 Å². The number of nitrogens with one attached hydrogen (secondary N) is 1. The number of nitrogens with zero attached hydrogens (tertiary/aromatic N) is 3. The maximum Gasteiger partial charge on any atom is 0.216 e. The van der Waals surface area contributed by atoms with Gasteiger partial charge in [0.2, 0.25) is 4.77 Å². The van der Waals surface area contributed by atoms with E-state index in [1.165, 1.54) is 10.4 Å². The molecule has 0 radical (unpaired) electrons. The summed E-state index contributed by atoms with van der Waals surface area (Å²) in [7, 11) is 0. The van der Waals surface area contributed by atoms with Gasteiger partial charge in [-0.1, -0.05) is 26.0 Å². The van der Waals surface area contributed by atoms with Crippen molar-refractivity contribution in [1.82, 2.24) is 14.9 Å². The normalized spacial score (nSPS) is 11.5. The summed E-state index contributed by atoms with van der Waals surface area (Å²) in [5, 5.41) is 11.4. The lowest BCUT2D eigenvalue weighted by atomic mass is 10.0. The molecule has 2 aromatic heterocycles. The Morgan fingerprint density at radius 2 is 2.04 bits per heavy atom. The van der Waals surface area contributed by atoms with Crippen molar-refractivity contribution >= 4 is 29.8 Å². The lowest BCUT2D eigenvalue weighted by molar-refractivity contribution is 0.290. The number of ether oxygens (including phenoxy) is 1. The maximum atomic E-state index is 5.82. The SMILES string of the molecule is Cc1ccc(/C=N\n2c(COc3ccc(C(C)C)cc3)n[nH]c2=S)s1. The van der Waals surface area contributed by atoms with Crippen LogP contribution in [0.3, 0.4) is 0 Å². The zero-order valence-corrected chi connectivity index (χ0v) is 16.0. The van der Waals surface area contributed by atoms with E-state index in [0.717, 1.165) is 10.6 Å². The van der Waals surface area contributed by atoms with Gasteiger partial charge in [-0.15, -0.1) is 11.3 Å². The molecule has 1 aromatic carbocycles. The van der Waals surface area contributed by atoms with Gasteiger partial charge >= 0.3 is 0 Å². The summed E-state index contributed by atoms with van der Waals surface area (Å²) in [6.07, 6.45) is 1.78. The molecule has 0 amide bonds. The van der Waals surface area contributed by atoms with Crippen molar-refractivity contribution in [3.63, 3.8) is 0 Å². The van der Waals surface area contributed by atoms with Crippen LogP contribution in [-0.4, -0.2) is 21.1 Å². The summed E-state index contributed by atoms with van der Waals surface area (Å²) in [6.45, 7) is 6.69. The Balaban J connectivity index is 1.71. The van der Waals surface area contributed by atoms with Crippen LogP contribution in [0, 0.1) is 11.7 Å². The molecule has 3 rings (SSSR count). The maximum absolute atomic E-state index is 5.82. The van der Waals surface area contributed by atoms with E-state index in [1.54, 1.807) is 22.2 Å². The predicted octanol–water partition coefficient (Wildman–Crippen LogP) is 4.90. The number of thiophene rings is 1. The lowest BCUT2D eigenvalue weighted by Gasteiger charge is -2.08. The smallest absolute Gasteiger partial charge is 0.216 e. The minimum absolute atomic E-state index is 0.287. The summed E-state index contributed by atoms with van der Waals surface area (Å²) in [4.78, 5) is 2.31. The third kappa shape index (κ3) is 4.43. The molecule has 1 N–H and O–H groups in total. The van der Waals surface area contributed by atoms with Crippen molar-refractivity contribution in [3.05, 3.63) is 62.3 Å². The first-order chi connectivity index (χ1) is 12.0. The number of rotatable bonds is 6. The molecule has 0 spiro atoms. The molecule has 0 aliphatic carbocycles. The van der Waals surface area contributed by atoms with E-state index >= 15 is 0 Å². The largest absolute Gasteiger partial charge is 0.486 e. The summed E-state index contributed by atoms with van der Waals surface area (Å²) in [5.74, 6) is 1.92. The fourth-order valence-corrected chi connectivity index (χ4v) is 3.21. The van der Waals surface area contributed by atoms with Crippen LogP contribution in [0.5, 0.6) is 5.75 Å². The highest BCUT2D eigenvalue weighted by molar-refractivity contribution is 7.71. The standard InChI is InChI=1S/C18H20N4OS2/c1-12(2)14-5-7-15(8-6-14)23-11-17-20-21-18(24)22(17)19-10-16-9-4-13(3)25-16/h4-10,12H,11H2,1-3H3,(H,21,24)/b19-10-. The second kappa shape index (κ2) is 7.76. The third-order valence-corrected chi connectivity index (χ3v) is 4.89. The van der Waals surface area contributed by atoms with Gasteiger partial charge in [-0.3, -0.25) is 0 Å². The number of aromatic nitrogens is 3. The lowest BCUT2D eigenvalue weighted by Crippen LogP contribution is -2.04. The molecule has 0 atom stereocenters. The zero-order chi connectivity index (χ0) is 17.8. The second-order valence-electron chi connectivity index (χ2n) is 5.96. The number of aryl methyl sites for hydroxylation is 1. The third-order valence-electron chi connectivity index (χ3n) is 3.69. The molecule has 5 nitrogen and oxygen atoms in total. The van der Waals surface area contributed by atoms with Crippen molar-refractivity contribution in [2.75, 3.05) is 0 Å². The van der Waals surface area contributed by atoms with Crippen LogP contribution < -0.4 is 4.74 Å². The predicted molar refractivity (Wildman–Crippen MR) is 104 cm³/mol. The van der Waals surface area contributed by atoms with Crippen molar-refractivity contribution in [2.24, 2.45) is 5.10 Å². The Kier molecular flexibility index (Phi) is 5.45. The van der Waals surface area contributed by atoms with Crippen LogP contribution >= 0.6 is 23.6 Å². The van der Waals surface area contributed by atoms with E-state index in [9.17, 15) is 0 Å².